The van der Waals surface area contributed by atoms with Crippen molar-refractivity contribution in [3.05, 3.63) is 41.3 Å². The molecule has 0 bridgehead atoms. The van der Waals surface area contributed by atoms with Crippen molar-refractivity contribution in [2.75, 3.05) is 13.7 Å². The first-order chi connectivity index (χ1) is 23.2. The van der Waals surface area contributed by atoms with Crippen LogP contribution >= 0.6 is 11.3 Å². The largest absolute Gasteiger partial charge is 0.497 e. The van der Waals surface area contributed by atoms with E-state index in [1.165, 1.54) is 11.1 Å². The van der Waals surface area contributed by atoms with Gasteiger partial charge in [-0.15, -0.1) is 11.3 Å². The maximum absolute atomic E-state index is 14.2. The lowest BCUT2D eigenvalue weighted by molar-refractivity contribution is -0.147. The van der Waals surface area contributed by atoms with Crippen LogP contribution in [0.4, 0.5) is 13.6 Å². The smallest absolute Gasteiger partial charge is 0.408 e. The molecule has 0 spiro atoms. The van der Waals surface area contributed by atoms with Crippen molar-refractivity contribution in [2.45, 2.75) is 95.6 Å². The Bertz CT molecular complexity index is 1560. The number of alkyl carbamates (subject to hydrolysis) is 1. The average Bonchev–Trinajstić information content (AvgIpc) is 3.50. The highest BCUT2D eigenvalue weighted by molar-refractivity contribution is 7.13. The number of nitrogens with zero attached hydrogens (tertiary/aromatic N) is 2. The van der Waals surface area contributed by atoms with Crippen molar-refractivity contribution in [1.29, 1.82) is 0 Å². The predicted molar refractivity (Wildman–Crippen MR) is 177 cm³/mol. The SMILES string of the molecule is COc1ccc(-c2cccs2)c(/C=N/O[C@@H]2CC(C(=O)N[C@@]3(C(=O)O)C[C@H]3C(F)F)N(C(=O)[C@@H](NC(=O)OC3CCCC3)C(C)(C)C)C2)c1. The number of nitrogens with one attached hydrogen (secondary N) is 2. The van der Waals surface area contributed by atoms with Gasteiger partial charge in [-0.2, -0.15) is 0 Å². The predicted octanol–water partition coefficient (Wildman–Crippen LogP) is 5.05. The van der Waals surface area contributed by atoms with Crippen molar-refractivity contribution in [2.24, 2.45) is 16.5 Å². The first-order valence-electron chi connectivity index (χ1n) is 16.3. The van der Waals surface area contributed by atoms with Gasteiger partial charge in [0.15, 0.2) is 0 Å². The van der Waals surface area contributed by atoms with Crippen LogP contribution in [0, 0.1) is 11.3 Å². The lowest BCUT2D eigenvalue weighted by Gasteiger charge is -2.35. The first-order valence-corrected chi connectivity index (χ1v) is 17.1. The molecule has 2 saturated carbocycles. The number of benzene rings is 1. The topological polar surface area (TPSA) is 156 Å². The molecule has 2 aromatic rings. The monoisotopic (exact) mass is 704 g/mol. The molecule has 1 unspecified atom stereocenters. The van der Waals surface area contributed by atoms with Gasteiger partial charge in [-0.1, -0.05) is 32.0 Å². The fraction of sp³-hybridized carbons (Fsp3) is 0.559. The minimum absolute atomic E-state index is 0.108. The molecule has 3 amide bonds. The number of carboxylic acids is 1. The van der Waals surface area contributed by atoms with Crippen molar-refractivity contribution in [3.63, 3.8) is 0 Å². The second-order valence-corrected chi connectivity index (χ2v) is 14.7. The average molecular weight is 705 g/mol. The zero-order valence-corrected chi connectivity index (χ0v) is 28.6. The summed E-state index contributed by atoms with van der Waals surface area (Å²) in [5.74, 6) is -4.10. The number of aliphatic carboxylic acids is 1. The summed E-state index contributed by atoms with van der Waals surface area (Å²) in [4.78, 5) is 60.8. The van der Waals surface area contributed by atoms with Crippen LogP contribution in [0.5, 0.6) is 5.75 Å². The van der Waals surface area contributed by atoms with Gasteiger partial charge in [0.25, 0.3) is 0 Å². The van der Waals surface area contributed by atoms with Gasteiger partial charge in [-0.05, 0) is 67.2 Å². The molecule has 3 N–H and O–H groups in total. The molecule has 266 valence electrons. The summed E-state index contributed by atoms with van der Waals surface area (Å²) in [5, 5.41) is 20.9. The Kier molecular flexibility index (Phi) is 10.8. The number of hydrogen-bond acceptors (Lipinski definition) is 9. The molecule has 3 fully saturated rings. The van der Waals surface area contributed by atoms with Crippen LogP contribution in [-0.4, -0.2) is 90.0 Å². The number of likely N-dealkylation sites (tertiary alicyclic amines) is 1. The lowest BCUT2D eigenvalue weighted by atomic mass is 9.85. The van der Waals surface area contributed by atoms with Gasteiger partial charge in [0.1, 0.15) is 35.6 Å². The second-order valence-electron chi connectivity index (χ2n) is 13.8. The normalized spacial score (nSPS) is 24.6. The molecule has 2 aliphatic carbocycles. The molecule has 5 atom stereocenters. The number of carbonyl (C=O) groups is 4. The van der Waals surface area contributed by atoms with Crippen LogP contribution in [0.15, 0.2) is 40.9 Å². The summed E-state index contributed by atoms with van der Waals surface area (Å²) in [5.41, 5.74) is -1.42. The molecule has 1 aliphatic heterocycles. The van der Waals surface area contributed by atoms with Gasteiger partial charge in [-0.25, -0.2) is 18.4 Å². The Morgan fingerprint density at radius 3 is 2.47 bits per heavy atom. The van der Waals surface area contributed by atoms with Gasteiger partial charge >= 0.3 is 12.1 Å². The highest BCUT2D eigenvalue weighted by Crippen LogP contribution is 2.48. The molecule has 15 heteroatoms. The number of ether oxygens (including phenoxy) is 2. The lowest BCUT2D eigenvalue weighted by Crippen LogP contribution is -2.59. The molecule has 3 aliphatic rings. The van der Waals surface area contributed by atoms with Crippen LogP contribution < -0.4 is 15.4 Å². The maximum Gasteiger partial charge on any atom is 0.408 e. The van der Waals surface area contributed by atoms with Crippen LogP contribution in [0.1, 0.15) is 64.9 Å². The van der Waals surface area contributed by atoms with Gasteiger partial charge in [0.05, 0.1) is 25.8 Å². The van der Waals surface area contributed by atoms with E-state index in [9.17, 15) is 33.1 Å². The summed E-state index contributed by atoms with van der Waals surface area (Å²) < 4.78 is 38.0. The minimum atomic E-state index is -2.96. The van der Waals surface area contributed by atoms with E-state index in [1.54, 1.807) is 45.3 Å². The number of alkyl halides is 2. The number of hydrogen-bond donors (Lipinski definition) is 3. The quantitative estimate of drug-likeness (QED) is 0.205. The molecular formula is C34H42F2N4O8S. The van der Waals surface area contributed by atoms with E-state index >= 15 is 0 Å². The highest BCUT2D eigenvalue weighted by atomic mass is 32.1. The fourth-order valence-corrected chi connectivity index (χ4v) is 7.21. The highest BCUT2D eigenvalue weighted by Gasteiger charge is 2.66. The number of thiophene rings is 1. The Hall–Kier alpha value is -4.27. The first kappa shape index (κ1) is 36.0. The third kappa shape index (κ3) is 8.14. The van der Waals surface area contributed by atoms with E-state index in [0.717, 1.165) is 36.1 Å². The van der Waals surface area contributed by atoms with Gasteiger partial charge in [-0.3, -0.25) is 9.59 Å². The van der Waals surface area contributed by atoms with E-state index in [-0.39, 0.29) is 19.1 Å². The van der Waals surface area contributed by atoms with E-state index in [4.69, 9.17) is 14.3 Å². The molecule has 5 rings (SSSR count). The fourth-order valence-electron chi connectivity index (χ4n) is 6.43. The zero-order valence-electron chi connectivity index (χ0n) is 27.8. The summed E-state index contributed by atoms with van der Waals surface area (Å²) in [6, 6.07) is 6.94. The number of methoxy groups -OCH3 is 1. The summed E-state index contributed by atoms with van der Waals surface area (Å²) in [7, 11) is 1.54. The third-order valence-corrected chi connectivity index (χ3v) is 10.2. The molecule has 1 aromatic heterocycles. The van der Waals surface area contributed by atoms with E-state index < -0.39 is 71.8 Å². The van der Waals surface area contributed by atoms with Crippen molar-refractivity contribution in [1.82, 2.24) is 15.5 Å². The molecule has 0 radical (unpaired) electrons. The number of carboxylic acid groups (broad SMARTS) is 1. The Morgan fingerprint density at radius 2 is 1.88 bits per heavy atom. The van der Waals surface area contributed by atoms with Gasteiger partial charge in [0.2, 0.25) is 18.2 Å². The molecule has 1 saturated heterocycles. The number of rotatable bonds is 12. The Morgan fingerprint density at radius 1 is 1.14 bits per heavy atom. The summed E-state index contributed by atoms with van der Waals surface area (Å²) >= 11 is 1.54. The Labute approximate surface area is 287 Å². The van der Waals surface area contributed by atoms with Crippen LogP contribution in [-0.2, 0) is 24.0 Å². The number of carbonyl (C=O) groups excluding carboxylic acids is 3. The standard InChI is InChI=1S/C34H42F2N4O8S/c1-33(2,3)27(38-32(45)47-20-8-5-6-9-20)30(42)40-18-22(15-25(40)29(41)39-34(31(43)44)16-24(34)28(35)36)48-37-17-19-14-21(46-4)11-12-23(19)26-10-7-13-49-26/h7,10-14,17,20,22,24-25,27-28H,5-6,8-9,15-16,18H2,1-4H3,(H,38,45)(H,39,41)(H,43,44)/b37-17+/t22-,24+,25?,27-,34+/m1/s1. The van der Waals surface area contributed by atoms with Gasteiger partial charge < -0.3 is 35.0 Å². The summed E-state index contributed by atoms with van der Waals surface area (Å²) in [6.07, 6.45) is -0.538. The Balaban J connectivity index is 1.38. The molecule has 2 heterocycles. The van der Waals surface area contributed by atoms with E-state index in [2.05, 4.69) is 15.8 Å². The number of oxime groups is 1. The number of halogens is 2. The molecule has 1 aromatic carbocycles. The van der Waals surface area contributed by atoms with Crippen molar-refractivity contribution >= 4 is 41.4 Å². The molecular weight excluding hydrogens is 662 g/mol. The molecule has 12 nitrogen and oxygen atoms in total. The number of amides is 3. The summed E-state index contributed by atoms with van der Waals surface area (Å²) in [6.45, 7) is 5.08. The van der Waals surface area contributed by atoms with E-state index in [1.807, 2.05) is 29.6 Å². The minimum Gasteiger partial charge on any atom is -0.497 e. The third-order valence-electron chi connectivity index (χ3n) is 9.29. The van der Waals surface area contributed by atoms with Crippen molar-refractivity contribution < 1.29 is 47.4 Å². The maximum atomic E-state index is 14.2. The zero-order chi connectivity index (χ0) is 35.5. The second kappa shape index (κ2) is 14.7. The van der Waals surface area contributed by atoms with Gasteiger partial charge in [0, 0.05) is 22.4 Å². The van der Waals surface area contributed by atoms with Crippen LogP contribution in [0.25, 0.3) is 10.4 Å². The van der Waals surface area contributed by atoms with Crippen LogP contribution in [0.3, 0.4) is 0 Å². The molecule has 49 heavy (non-hydrogen) atoms. The van der Waals surface area contributed by atoms with E-state index in [0.29, 0.717) is 11.3 Å². The van der Waals surface area contributed by atoms with Crippen molar-refractivity contribution in [3.8, 4) is 16.2 Å². The van der Waals surface area contributed by atoms with Crippen LogP contribution in [0.2, 0.25) is 0 Å².